The topological polar surface area (TPSA) is 30.5 Å². The van der Waals surface area contributed by atoms with E-state index >= 15 is 0 Å². The van der Waals surface area contributed by atoms with Gasteiger partial charge >= 0.3 is 0 Å². The molecule has 1 atom stereocenters. The van der Waals surface area contributed by atoms with E-state index in [4.69, 9.17) is 9.47 Å². The van der Waals surface area contributed by atoms with Crippen molar-refractivity contribution in [2.45, 2.75) is 19.9 Å². The van der Waals surface area contributed by atoms with Gasteiger partial charge in [0.05, 0.1) is 19.8 Å². The third-order valence-corrected chi connectivity index (χ3v) is 4.08. The second-order valence-corrected chi connectivity index (χ2v) is 5.51. The van der Waals surface area contributed by atoms with Gasteiger partial charge in [-0.25, -0.2) is 0 Å². The lowest BCUT2D eigenvalue weighted by atomic mass is 10.1. The minimum Gasteiger partial charge on any atom is -0.381 e. The highest BCUT2D eigenvalue weighted by atomic mass is 32.1. The van der Waals surface area contributed by atoms with Gasteiger partial charge in [-0.1, -0.05) is 0 Å². The second-order valence-electron chi connectivity index (χ2n) is 4.51. The summed E-state index contributed by atoms with van der Waals surface area (Å²) in [4.78, 5) is 1.43. The summed E-state index contributed by atoms with van der Waals surface area (Å²) in [5, 5.41) is 5.55. The van der Waals surface area contributed by atoms with E-state index in [9.17, 15) is 0 Å². The van der Waals surface area contributed by atoms with Crippen LogP contribution in [0.15, 0.2) is 11.4 Å². The van der Waals surface area contributed by atoms with Crippen LogP contribution >= 0.6 is 11.3 Å². The van der Waals surface area contributed by atoms with Gasteiger partial charge in [0.2, 0.25) is 0 Å². The highest BCUT2D eigenvalue weighted by Crippen LogP contribution is 2.14. The maximum atomic E-state index is 5.63. The molecule has 0 spiro atoms. The number of hydrogen-bond acceptors (Lipinski definition) is 4. The van der Waals surface area contributed by atoms with E-state index in [2.05, 4.69) is 23.7 Å². The molecule has 4 heteroatoms. The van der Waals surface area contributed by atoms with Crippen LogP contribution < -0.4 is 5.32 Å². The summed E-state index contributed by atoms with van der Waals surface area (Å²) in [6.45, 7) is 7.46. The molecular formula is C13H21NO2S. The van der Waals surface area contributed by atoms with Gasteiger partial charge in [-0.3, -0.25) is 0 Å². The number of thiophene rings is 1. The molecule has 1 aromatic heterocycles. The Bertz CT molecular complexity index is 321. The molecule has 1 aromatic rings. The van der Waals surface area contributed by atoms with Gasteiger partial charge < -0.3 is 14.8 Å². The third-order valence-electron chi connectivity index (χ3n) is 3.05. The SMILES string of the molecule is Cc1ccsc1CNCCOCC1CCOC1. The number of rotatable bonds is 7. The van der Waals surface area contributed by atoms with Gasteiger partial charge in [-0.2, -0.15) is 0 Å². The molecule has 1 saturated heterocycles. The Hall–Kier alpha value is -0.420. The van der Waals surface area contributed by atoms with Gasteiger partial charge in [0.1, 0.15) is 0 Å². The zero-order valence-corrected chi connectivity index (χ0v) is 11.2. The number of ether oxygens (including phenoxy) is 2. The smallest absolute Gasteiger partial charge is 0.0591 e. The maximum Gasteiger partial charge on any atom is 0.0591 e. The lowest BCUT2D eigenvalue weighted by molar-refractivity contribution is 0.0913. The molecule has 1 fully saturated rings. The molecule has 3 nitrogen and oxygen atoms in total. The van der Waals surface area contributed by atoms with Crippen LogP contribution in [-0.4, -0.2) is 33.0 Å². The van der Waals surface area contributed by atoms with Crippen LogP contribution in [0.1, 0.15) is 16.9 Å². The fourth-order valence-corrected chi connectivity index (χ4v) is 2.77. The van der Waals surface area contributed by atoms with Crippen LogP contribution in [0.5, 0.6) is 0 Å². The Morgan fingerprint density at radius 1 is 1.59 bits per heavy atom. The molecule has 1 N–H and O–H groups in total. The minimum absolute atomic E-state index is 0.620. The molecule has 0 bridgehead atoms. The summed E-state index contributed by atoms with van der Waals surface area (Å²) in [6.07, 6.45) is 1.15. The maximum absolute atomic E-state index is 5.63. The van der Waals surface area contributed by atoms with Crippen molar-refractivity contribution in [1.29, 1.82) is 0 Å². The van der Waals surface area contributed by atoms with E-state index in [-0.39, 0.29) is 0 Å². The van der Waals surface area contributed by atoms with Gasteiger partial charge in [0, 0.05) is 30.5 Å². The number of hydrogen-bond donors (Lipinski definition) is 1. The normalized spacial score (nSPS) is 19.9. The van der Waals surface area contributed by atoms with E-state index in [1.165, 1.54) is 10.4 Å². The molecule has 0 radical (unpaired) electrons. The molecule has 0 amide bonds. The Kier molecular flexibility index (Phi) is 5.45. The Morgan fingerprint density at radius 3 is 3.24 bits per heavy atom. The minimum atomic E-state index is 0.620. The summed E-state index contributed by atoms with van der Waals surface area (Å²) in [7, 11) is 0. The first-order valence-corrected chi connectivity index (χ1v) is 7.13. The standard InChI is InChI=1S/C13H21NO2S/c1-11-3-7-17-13(11)8-14-4-6-16-10-12-2-5-15-9-12/h3,7,12,14H,2,4-6,8-10H2,1H3. The van der Waals surface area contributed by atoms with Crippen LogP contribution in [0.3, 0.4) is 0 Å². The molecule has 0 saturated carbocycles. The summed E-state index contributed by atoms with van der Waals surface area (Å²) in [5.74, 6) is 0.620. The molecule has 1 aliphatic rings. The highest BCUT2D eigenvalue weighted by molar-refractivity contribution is 7.10. The zero-order chi connectivity index (χ0) is 11.9. The summed E-state index contributed by atoms with van der Waals surface area (Å²) >= 11 is 1.81. The van der Waals surface area contributed by atoms with Crippen LogP contribution in [0.2, 0.25) is 0 Å². The Morgan fingerprint density at radius 2 is 2.53 bits per heavy atom. The van der Waals surface area contributed by atoms with Crippen LogP contribution in [0, 0.1) is 12.8 Å². The zero-order valence-electron chi connectivity index (χ0n) is 10.4. The average molecular weight is 255 g/mol. The molecule has 0 aliphatic carbocycles. The molecule has 2 heterocycles. The first-order chi connectivity index (χ1) is 8.36. The lowest BCUT2D eigenvalue weighted by Gasteiger charge is -2.09. The molecule has 0 aromatic carbocycles. The molecule has 96 valence electrons. The van der Waals surface area contributed by atoms with E-state index in [1.54, 1.807) is 0 Å². The molecule has 2 rings (SSSR count). The lowest BCUT2D eigenvalue weighted by Crippen LogP contribution is -2.21. The first kappa shape index (κ1) is 13.0. The number of aryl methyl sites for hydroxylation is 1. The second kappa shape index (κ2) is 7.11. The third kappa shape index (κ3) is 4.39. The summed E-state index contributed by atoms with van der Waals surface area (Å²) in [6, 6.07) is 2.16. The van der Waals surface area contributed by atoms with Crippen molar-refractivity contribution in [3.05, 3.63) is 21.9 Å². The van der Waals surface area contributed by atoms with E-state index in [0.717, 1.165) is 45.9 Å². The predicted molar refractivity (Wildman–Crippen MR) is 70.5 cm³/mol. The van der Waals surface area contributed by atoms with Crippen LogP contribution in [0.4, 0.5) is 0 Å². The quantitative estimate of drug-likeness (QED) is 0.758. The van der Waals surface area contributed by atoms with Gasteiger partial charge in [0.15, 0.2) is 0 Å². The number of nitrogens with one attached hydrogen (secondary N) is 1. The van der Waals surface area contributed by atoms with Gasteiger partial charge in [-0.05, 0) is 30.4 Å². The fourth-order valence-electron chi connectivity index (χ4n) is 1.90. The van der Waals surface area contributed by atoms with E-state index in [0.29, 0.717) is 5.92 Å². The van der Waals surface area contributed by atoms with Crippen molar-refractivity contribution in [2.75, 3.05) is 33.0 Å². The van der Waals surface area contributed by atoms with E-state index in [1.807, 2.05) is 11.3 Å². The molecule has 1 unspecified atom stereocenters. The summed E-state index contributed by atoms with van der Waals surface area (Å²) in [5.41, 5.74) is 1.38. The van der Waals surface area contributed by atoms with Crippen molar-refractivity contribution >= 4 is 11.3 Å². The largest absolute Gasteiger partial charge is 0.381 e. The predicted octanol–water partition coefficient (Wildman–Crippen LogP) is 2.20. The Labute approximate surface area is 107 Å². The molecular weight excluding hydrogens is 234 g/mol. The monoisotopic (exact) mass is 255 g/mol. The van der Waals surface area contributed by atoms with Crippen molar-refractivity contribution in [1.82, 2.24) is 5.32 Å². The van der Waals surface area contributed by atoms with Crippen LogP contribution in [0.25, 0.3) is 0 Å². The van der Waals surface area contributed by atoms with Crippen molar-refractivity contribution < 1.29 is 9.47 Å². The molecule has 1 aliphatic heterocycles. The molecule has 17 heavy (non-hydrogen) atoms. The average Bonchev–Trinajstić information content (AvgIpc) is 2.95. The van der Waals surface area contributed by atoms with E-state index < -0.39 is 0 Å². The Balaban J connectivity index is 1.47. The van der Waals surface area contributed by atoms with Gasteiger partial charge in [0.25, 0.3) is 0 Å². The summed E-state index contributed by atoms with van der Waals surface area (Å²) < 4.78 is 10.9. The highest BCUT2D eigenvalue weighted by Gasteiger charge is 2.15. The van der Waals surface area contributed by atoms with Crippen molar-refractivity contribution in [3.8, 4) is 0 Å². The van der Waals surface area contributed by atoms with Crippen molar-refractivity contribution in [3.63, 3.8) is 0 Å². The fraction of sp³-hybridized carbons (Fsp3) is 0.692. The first-order valence-electron chi connectivity index (χ1n) is 6.25. The van der Waals surface area contributed by atoms with Gasteiger partial charge in [-0.15, -0.1) is 11.3 Å². The van der Waals surface area contributed by atoms with Crippen molar-refractivity contribution in [2.24, 2.45) is 5.92 Å². The van der Waals surface area contributed by atoms with Crippen LogP contribution in [-0.2, 0) is 16.0 Å².